The van der Waals surface area contributed by atoms with Crippen molar-refractivity contribution in [3.8, 4) is 11.5 Å². The first-order valence-corrected chi connectivity index (χ1v) is 9.07. The zero-order valence-corrected chi connectivity index (χ0v) is 15.9. The van der Waals surface area contributed by atoms with Crippen molar-refractivity contribution in [1.82, 2.24) is 10.2 Å². The largest absolute Gasteiger partial charge is 0.497 e. The summed E-state index contributed by atoms with van der Waals surface area (Å²) < 4.78 is 23.5. The first kappa shape index (κ1) is 19.7. The van der Waals surface area contributed by atoms with Crippen LogP contribution in [0, 0.1) is 5.82 Å². The Hall–Kier alpha value is -3.09. The van der Waals surface area contributed by atoms with E-state index in [1.54, 1.807) is 14.0 Å². The third-order valence-corrected chi connectivity index (χ3v) is 4.82. The van der Waals surface area contributed by atoms with Gasteiger partial charge in [-0.15, -0.1) is 0 Å². The highest BCUT2D eigenvalue weighted by molar-refractivity contribution is 6.06. The van der Waals surface area contributed by atoms with E-state index < -0.39 is 11.6 Å². The number of benzene rings is 2. The zero-order chi connectivity index (χ0) is 20.1. The summed E-state index contributed by atoms with van der Waals surface area (Å²) in [6, 6.07) is 12.8. The molecule has 0 bridgehead atoms. The second kappa shape index (κ2) is 8.29. The van der Waals surface area contributed by atoms with Gasteiger partial charge in [0.2, 0.25) is 0 Å². The van der Waals surface area contributed by atoms with Gasteiger partial charge in [0.1, 0.15) is 29.5 Å². The van der Waals surface area contributed by atoms with Gasteiger partial charge in [-0.2, -0.15) is 0 Å². The van der Waals surface area contributed by atoms with Gasteiger partial charge in [-0.1, -0.05) is 12.1 Å². The standard InChI is InChI=1S/C21H23FN2O4/c1-21(12-11-15-3-7-17(27-2)8-4-15)19(25)24(20(26)23-21)13-14-28-18-9-5-16(22)6-10-18/h3-10H,11-14H2,1-2H3,(H,23,26)/t21-/m1/s1. The van der Waals surface area contributed by atoms with Crippen LogP contribution in [0.25, 0.3) is 0 Å². The lowest BCUT2D eigenvalue weighted by Gasteiger charge is -2.21. The first-order chi connectivity index (χ1) is 13.4. The molecule has 1 aliphatic rings. The molecule has 3 amide bonds. The number of halogens is 1. The minimum atomic E-state index is -0.952. The van der Waals surface area contributed by atoms with Crippen LogP contribution in [-0.4, -0.2) is 42.6 Å². The molecule has 6 nitrogen and oxygen atoms in total. The van der Waals surface area contributed by atoms with Gasteiger partial charge >= 0.3 is 6.03 Å². The predicted molar refractivity (Wildman–Crippen MR) is 102 cm³/mol. The van der Waals surface area contributed by atoms with Crippen LogP contribution < -0.4 is 14.8 Å². The summed E-state index contributed by atoms with van der Waals surface area (Å²) in [5.74, 6) is 0.631. The number of hydrogen-bond donors (Lipinski definition) is 1. The van der Waals surface area contributed by atoms with Crippen LogP contribution in [0.2, 0.25) is 0 Å². The number of amides is 3. The highest BCUT2D eigenvalue weighted by atomic mass is 19.1. The van der Waals surface area contributed by atoms with E-state index in [-0.39, 0.29) is 24.9 Å². The van der Waals surface area contributed by atoms with Crippen LogP contribution in [0.1, 0.15) is 18.9 Å². The van der Waals surface area contributed by atoms with Gasteiger partial charge in [0.15, 0.2) is 0 Å². The molecule has 0 radical (unpaired) electrons. The summed E-state index contributed by atoms with van der Waals surface area (Å²) in [5.41, 5.74) is 0.106. The Morgan fingerprint density at radius 2 is 1.68 bits per heavy atom. The summed E-state index contributed by atoms with van der Waals surface area (Å²) in [4.78, 5) is 26.2. The monoisotopic (exact) mass is 386 g/mol. The van der Waals surface area contributed by atoms with Crippen molar-refractivity contribution >= 4 is 11.9 Å². The number of urea groups is 1. The van der Waals surface area contributed by atoms with E-state index in [0.29, 0.717) is 18.6 Å². The predicted octanol–water partition coefficient (Wildman–Crippen LogP) is 3.16. The molecule has 1 fully saturated rings. The van der Waals surface area contributed by atoms with Crippen molar-refractivity contribution in [2.45, 2.75) is 25.3 Å². The van der Waals surface area contributed by atoms with Gasteiger partial charge in [0.25, 0.3) is 5.91 Å². The Kier molecular flexibility index (Phi) is 5.82. The molecule has 148 valence electrons. The Morgan fingerprint density at radius 3 is 2.32 bits per heavy atom. The normalized spacial score (nSPS) is 18.9. The molecule has 7 heteroatoms. The number of rotatable bonds is 8. The summed E-state index contributed by atoms with van der Waals surface area (Å²) in [7, 11) is 1.61. The lowest BCUT2D eigenvalue weighted by molar-refractivity contribution is -0.131. The number of hydrogen-bond acceptors (Lipinski definition) is 4. The van der Waals surface area contributed by atoms with Gasteiger partial charge in [0, 0.05) is 0 Å². The zero-order valence-electron chi connectivity index (χ0n) is 15.9. The van der Waals surface area contributed by atoms with Gasteiger partial charge in [-0.05, 0) is 61.7 Å². The average Bonchev–Trinajstić information content (AvgIpc) is 2.91. The highest BCUT2D eigenvalue weighted by Crippen LogP contribution is 2.24. The van der Waals surface area contributed by atoms with Crippen molar-refractivity contribution in [3.05, 3.63) is 59.9 Å². The number of imide groups is 1. The molecule has 1 saturated heterocycles. The fourth-order valence-corrected chi connectivity index (χ4v) is 3.09. The molecule has 0 aromatic heterocycles. The molecule has 28 heavy (non-hydrogen) atoms. The van der Waals surface area contributed by atoms with E-state index >= 15 is 0 Å². The summed E-state index contributed by atoms with van der Waals surface area (Å²) in [6.07, 6.45) is 1.13. The molecule has 2 aromatic carbocycles. The average molecular weight is 386 g/mol. The van der Waals surface area contributed by atoms with Crippen molar-refractivity contribution < 1.29 is 23.5 Å². The number of aryl methyl sites for hydroxylation is 1. The molecule has 1 aliphatic heterocycles. The molecule has 1 atom stereocenters. The van der Waals surface area contributed by atoms with E-state index in [2.05, 4.69) is 5.32 Å². The van der Waals surface area contributed by atoms with Gasteiger partial charge in [-0.25, -0.2) is 9.18 Å². The van der Waals surface area contributed by atoms with E-state index in [0.717, 1.165) is 16.2 Å². The Morgan fingerprint density at radius 1 is 1.04 bits per heavy atom. The minimum absolute atomic E-state index is 0.125. The third-order valence-electron chi connectivity index (χ3n) is 4.82. The smallest absolute Gasteiger partial charge is 0.325 e. The lowest BCUT2D eigenvalue weighted by atomic mass is 9.93. The van der Waals surface area contributed by atoms with Crippen LogP contribution in [0.4, 0.5) is 9.18 Å². The number of carbonyl (C=O) groups is 2. The summed E-state index contributed by atoms with van der Waals surface area (Å²) >= 11 is 0. The molecule has 0 spiro atoms. The van der Waals surface area contributed by atoms with Crippen LogP contribution in [0.15, 0.2) is 48.5 Å². The van der Waals surface area contributed by atoms with Crippen molar-refractivity contribution in [1.29, 1.82) is 0 Å². The molecule has 1 N–H and O–H groups in total. The van der Waals surface area contributed by atoms with Crippen molar-refractivity contribution in [3.63, 3.8) is 0 Å². The van der Waals surface area contributed by atoms with E-state index in [9.17, 15) is 14.0 Å². The second-order valence-electron chi connectivity index (χ2n) is 6.87. The lowest BCUT2D eigenvalue weighted by Crippen LogP contribution is -2.44. The first-order valence-electron chi connectivity index (χ1n) is 9.07. The van der Waals surface area contributed by atoms with Gasteiger partial charge in [0.05, 0.1) is 13.7 Å². The SMILES string of the molecule is COc1ccc(CC[C@@]2(C)NC(=O)N(CCOc3ccc(F)cc3)C2=O)cc1. The molecule has 0 saturated carbocycles. The van der Waals surface area contributed by atoms with Crippen molar-refractivity contribution in [2.75, 3.05) is 20.3 Å². The Bertz CT molecular complexity index is 838. The maximum atomic E-state index is 12.9. The topological polar surface area (TPSA) is 67.9 Å². The van der Waals surface area contributed by atoms with Gasteiger partial charge < -0.3 is 14.8 Å². The highest BCUT2D eigenvalue weighted by Gasteiger charge is 2.47. The molecular formula is C21H23FN2O4. The van der Waals surface area contributed by atoms with E-state index in [1.807, 2.05) is 24.3 Å². The number of nitrogens with one attached hydrogen (secondary N) is 1. The minimum Gasteiger partial charge on any atom is -0.497 e. The Labute approximate surface area is 163 Å². The van der Waals surface area contributed by atoms with E-state index in [1.165, 1.54) is 24.3 Å². The van der Waals surface area contributed by atoms with Gasteiger partial charge in [-0.3, -0.25) is 9.69 Å². The Balaban J connectivity index is 1.54. The van der Waals surface area contributed by atoms with E-state index in [4.69, 9.17) is 9.47 Å². The van der Waals surface area contributed by atoms with Crippen molar-refractivity contribution in [2.24, 2.45) is 0 Å². The van der Waals surface area contributed by atoms with Crippen LogP contribution in [-0.2, 0) is 11.2 Å². The number of methoxy groups -OCH3 is 1. The second-order valence-corrected chi connectivity index (χ2v) is 6.87. The fraction of sp³-hybridized carbons (Fsp3) is 0.333. The van der Waals surface area contributed by atoms with Crippen LogP contribution in [0.3, 0.4) is 0 Å². The summed E-state index contributed by atoms with van der Waals surface area (Å²) in [6.45, 7) is 2.00. The third kappa shape index (κ3) is 4.42. The molecule has 1 heterocycles. The summed E-state index contributed by atoms with van der Waals surface area (Å²) in [5, 5.41) is 2.79. The maximum absolute atomic E-state index is 12.9. The number of carbonyl (C=O) groups excluding carboxylic acids is 2. The molecular weight excluding hydrogens is 363 g/mol. The van der Waals surface area contributed by atoms with Crippen LogP contribution >= 0.6 is 0 Å². The molecule has 3 rings (SSSR count). The van der Waals surface area contributed by atoms with Crippen LogP contribution in [0.5, 0.6) is 11.5 Å². The number of ether oxygens (including phenoxy) is 2. The molecule has 0 unspecified atom stereocenters. The number of nitrogens with zero attached hydrogens (tertiary/aromatic N) is 1. The maximum Gasteiger partial charge on any atom is 0.325 e. The fourth-order valence-electron chi connectivity index (χ4n) is 3.09. The molecule has 2 aromatic rings. The molecule has 0 aliphatic carbocycles. The quantitative estimate of drug-likeness (QED) is 0.708.